The van der Waals surface area contributed by atoms with E-state index in [1.165, 1.54) is 0 Å². The van der Waals surface area contributed by atoms with E-state index in [0.717, 1.165) is 22.2 Å². The number of amides is 2. The van der Waals surface area contributed by atoms with E-state index in [0.29, 0.717) is 27.3 Å². The molecule has 134 valence electrons. The molecule has 1 aliphatic rings. The molecule has 2 aromatic carbocycles. The zero-order valence-corrected chi connectivity index (χ0v) is 16.0. The monoisotopic (exact) mass is 415 g/mol. The molecule has 4 rings (SSSR count). The Hall–Kier alpha value is -2.47. The van der Waals surface area contributed by atoms with E-state index >= 15 is 0 Å². The number of carbonyl (C=O) groups is 2. The summed E-state index contributed by atoms with van der Waals surface area (Å²) in [4.78, 5) is 26.4. The number of hydrogen-bond acceptors (Lipinski definition) is 4. The summed E-state index contributed by atoms with van der Waals surface area (Å²) in [5.74, 6) is 0.690. The van der Waals surface area contributed by atoms with Gasteiger partial charge in [-0.15, -0.1) is 0 Å². The van der Waals surface area contributed by atoms with Gasteiger partial charge in [0.15, 0.2) is 0 Å². The lowest BCUT2D eigenvalue weighted by Gasteiger charge is -2.13. The van der Waals surface area contributed by atoms with E-state index in [9.17, 15) is 9.59 Å². The van der Waals surface area contributed by atoms with Gasteiger partial charge in [-0.3, -0.25) is 9.59 Å². The number of nitrogens with zero attached hydrogens (tertiary/aromatic N) is 1. The lowest BCUT2D eigenvalue weighted by Crippen LogP contribution is -2.27. The van der Waals surface area contributed by atoms with Crippen LogP contribution in [0.5, 0.6) is 0 Å². The lowest BCUT2D eigenvalue weighted by molar-refractivity contribution is -0.113. The van der Waals surface area contributed by atoms with Gasteiger partial charge in [-0.25, -0.2) is 4.90 Å². The summed E-state index contributed by atoms with van der Waals surface area (Å²) in [6.45, 7) is 0. The highest BCUT2D eigenvalue weighted by molar-refractivity contribution is 8.19. The summed E-state index contributed by atoms with van der Waals surface area (Å²) >= 11 is 12.9. The highest BCUT2D eigenvalue weighted by Crippen LogP contribution is 2.38. The second-order valence-electron chi connectivity index (χ2n) is 5.68. The van der Waals surface area contributed by atoms with Gasteiger partial charge in [-0.05, 0) is 60.3 Å². The van der Waals surface area contributed by atoms with Crippen LogP contribution in [0, 0.1) is 0 Å². The predicted molar refractivity (Wildman–Crippen MR) is 109 cm³/mol. The van der Waals surface area contributed by atoms with Crippen LogP contribution in [0.2, 0.25) is 10.0 Å². The van der Waals surface area contributed by atoms with Crippen molar-refractivity contribution in [3.05, 3.63) is 81.4 Å². The fourth-order valence-corrected chi connectivity index (χ4v) is 3.80. The van der Waals surface area contributed by atoms with Crippen molar-refractivity contribution in [3.63, 3.8) is 0 Å². The fraction of sp³-hybridized carbons (Fsp3) is 0. The number of halogens is 2. The molecule has 0 spiro atoms. The fourth-order valence-electron chi connectivity index (χ4n) is 2.64. The zero-order valence-electron chi connectivity index (χ0n) is 13.7. The molecular weight excluding hydrogens is 405 g/mol. The van der Waals surface area contributed by atoms with Crippen LogP contribution in [0.25, 0.3) is 17.4 Å². The number of anilines is 1. The summed E-state index contributed by atoms with van der Waals surface area (Å²) in [7, 11) is 0. The van der Waals surface area contributed by atoms with Crippen LogP contribution in [0.1, 0.15) is 5.76 Å². The highest BCUT2D eigenvalue weighted by Gasteiger charge is 2.37. The average molecular weight is 416 g/mol. The Morgan fingerprint density at radius 2 is 1.67 bits per heavy atom. The van der Waals surface area contributed by atoms with Gasteiger partial charge < -0.3 is 4.42 Å². The molecule has 3 aromatic rings. The Kier molecular flexibility index (Phi) is 4.83. The molecule has 0 aliphatic carbocycles. The smallest absolute Gasteiger partial charge is 0.298 e. The van der Waals surface area contributed by atoms with Crippen molar-refractivity contribution in [3.8, 4) is 11.3 Å². The van der Waals surface area contributed by atoms with Crippen molar-refractivity contribution in [1.82, 2.24) is 0 Å². The molecular formula is C20H11Cl2NO3S. The Labute approximate surface area is 169 Å². The Morgan fingerprint density at radius 3 is 2.41 bits per heavy atom. The van der Waals surface area contributed by atoms with E-state index in [1.54, 1.807) is 54.6 Å². The molecule has 0 saturated carbocycles. The van der Waals surface area contributed by atoms with Gasteiger partial charge in [0, 0.05) is 16.7 Å². The maximum atomic E-state index is 12.7. The molecule has 0 N–H and O–H groups in total. The van der Waals surface area contributed by atoms with E-state index < -0.39 is 11.1 Å². The first-order valence-electron chi connectivity index (χ1n) is 7.91. The van der Waals surface area contributed by atoms with Crippen molar-refractivity contribution in [1.29, 1.82) is 0 Å². The molecule has 0 atom stereocenters. The first-order valence-corrected chi connectivity index (χ1v) is 9.48. The topological polar surface area (TPSA) is 50.5 Å². The minimum Gasteiger partial charge on any atom is -0.457 e. The number of furan rings is 1. The van der Waals surface area contributed by atoms with Crippen LogP contribution < -0.4 is 4.90 Å². The van der Waals surface area contributed by atoms with Gasteiger partial charge in [-0.2, -0.15) is 0 Å². The van der Waals surface area contributed by atoms with Gasteiger partial charge in [0.05, 0.1) is 15.6 Å². The number of imide groups is 1. The van der Waals surface area contributed by atoms with Gasteiger partial charge in [-0.1, -0.05) is 35.3 Å². The third kappa shape index (κ3) is 3.54. The molecule has 0 radical (unpaired) electrons. The summed E-state index contributed by atoms with van der Waals surface area (Å²) in [5, 5.41) is 0.576. The number of hydrogen-bond donors (Lipinski definition) is 0. The van der Waals surface area contributed by atoms with E-state index in [1.807, 2.05) is 12.1 Å². The molecule has 0 bridgehead atoms. The minimum atomic E-state index is -0.428. The van der Waals surface area contributed by atoms with Crippen molar-refractivity contribution in [2.75, 3.05) is 4.90 Å². The van der Waals surface area contributed by atoms with Crippen molar-refractivity contribution < 1.29 is 14.0 Å². The van der Waals surface area contributed by atoms with Gasteiger partial charge in [0.2, 0.25) is 0 Å². The van der Waals surface area contributed by atoms with E-state index in [2.05, 4.69) is 0 Å². The Bertz CT molecular complexity index is 1070. The molecule has 1 aliphatic heterocycles. The van der Waals surface area contributed by atoms with Gasteiger partial charge in [0.1, 0.15) is 11.5 Å². The van der Waals surface area contributed by atoms with Crippen molar-refractivity contribution in [2.24, 2.45) is 0 Å². The molecule has 1 saturated heterocycles. The molecule has 1 aromatic heterocycles. The first kappa shape index (κ1) is 17.9. The van der Waals surface area contributed by atoms with E-state index in [4.69, 9.17) is 27.6 Å². The first-order chi connectivity index (χ1) is 13.0. The predicted octanol–water partition coefficient (Wildman–Crippen LogP) is 6.49. The number of rotatable bonds is 3. The molecule has 2 amide bonds. The molecule has 1 fully saturated rings. The third-order valence-electron chi connectivity index (χ3n) is 3.92. The molecule has 7 heteroatoms. The number of carbonyl (C=O) groups excluding carboxylic acids is 2. The average Bonchev–Trinajstić information content (AvgIpc) is 3.22. The van der Waals surface area contributed by atoms with E-state index in [-0.39, 0.29) is 4.91 Å². The highest BCUT2D eigenvalue weighted by atomic mass is 35.5. The van der Waals surface area contributed by atoms with Crippen LogP contribution in [0.3, 0.4) is 0 Å². The summed E-state index contributed by atoms with van der Waals surface area (Å²) in [6.07, 6.45) is 1.56. The maximum absolute atomic E-state index is 12.7. The summed E-state index contributed by atoms with van der Waals surface area (Å²) < 4.78 is 5.78. The van der Waals surface area contributed by atoms with Crippen LogP contribution in [-0.2, 0) is 4.79 Å². The van der Waals surface area contributed by atoms with Gasteiger partial charge in [0.25, 0.3) is 11.1 Å². The third-order valence-corrected chi connectivity index (χ3v) is 5.36. The maximum Gasteiger partial charge on any atom is 0.298 e. The van der Waals surface area contributed by atoms with Crippen molar-refractivity contribution in [2.45, 2.75) is 0 Å². The zero-order chi connectivity index (χ0) is 19.0. The Balaban J connectivity index is 1.62. The summed E-state index contributed by atoms with van der Waals surface area (Å²) in [5.41, 5.74) is 1.23. The second-order valence-corrected chi connectivity index (χ2v) is 7.51. The second kappa shape index (κ2) is 7.27. The lowest BCUT2D eigenvalue weighted by atomic mass is 10.2. The Morgan fingerprint density at radius 1 is 0.926 bits per heavy atom. The van der Waals surface area contributed by atoms with Gasteiger partial charge >= 0.3 is 0 Å². The van der Waals surface area contributed by atoms with Crippen LogP contribution in [0.15, 0.2) is 70.0 Å². The number of thioether (sulfide) groups is 1. The molecule has 27 heavy (non-hydrogen) atoms. The number of benzene rings is 2. The van der Waals surface area contributed by atoms with Crippen LogP contribution in [-0.4, -0.2) is 11.1 Å². The SMILES string of the molecule is O=C1S/C(=C\c2ccc(-c3ccc(Cl)cc3)o2)C(=O)N1c1ccccc1Cl. The van der Waals surface area contributed by atoms with Crippen LogP contribution in [0.4, 0.5) is 10.5 Å². The van der Waals surface area contributed by atoms with Crippen LogP contribution >= 0.6 is 35.0 Å². The molecule has 2 heterocycles. The van der Waals surface area contributed by atoms with Crippen molar-refractivity contribution >= 4 is 57.9 Å². The number of para-hydroxylation sites is 1. The standard InChI is InChI=1S/C20H11Cl2NO3S/c21-13-7-5-12(6-8-13)17-10-9-14(26-17)11-18-19(24)23(20(25)27-18)16-4-2-1-3-15(16)22/h1-11H/b18-11-. The summed E-state index contributed by atoms with van der Waals surface area (Å²) in [6, 6.07) is 17.5. The minimum absolute atomic E-state index is 0.275. The molecule has 4 nitrogen and oxygen atoms in total. The normalized spacial score (nSPS) is 15.8. The largest absolute Gasteiger partial charge is 0.457 e. The quantitative estimate of drug-likeness (QED) is 0.458. The molecule has 0 unspecified atom stereocenters.